The van der Waals surface area contributed by atoms with Crippen molar-refractivity contribution in [3.63, 3.8) is 0 Å². The van der Waals surface area contributed by atoms with E-state index in [0.29, 0.717) is 10.8 Å². The molecular weight excluding hydrogens is 253 g/mol. The average molecular weight is 264 g/mol. The second-order valence-corrected chi connectivity index (χ2v) is 3.56. The zero-order valence-electron chi connectivity index (χ0n) is 8.41. The fourth-order valence-electron chi connectivity index (χ4n) is 0.891. The van der Waals surface area contributed by atoms with Gasteiger partial charge in [-0.1, -0.05) is 11.6 Å². The predicted octanol–water partition coefficient (Wildman–Crippen LogP) is 2.64. The standard InChI is InChI=1S/C10H11Cl2NO3/c11-5-6-15-10(14)13-7-16-9-3-1-8(12)2-4-9/h1-4H,5-7H2,(H,13,14). The fourth-order valence-corrected chi connectivity index (χ4v) is 1.09. The summed E-state index contributed by atoms with van der Waals surface area (Å²) < 4.78 is 9.87. The molecule has 1 rings (SSSR count). The van der Waals surface area contributed by atoms with Gasteiger partial charge in [-0.3, -0.25) is 5.32 Å². The molecule has 0 aromatic heterocycles. The Labute approximate surface area is 103 Å². The SMILES string of the molecule is O=C(NCOc1ccc(Cl)cc1)OCCCl. The lowest BCUT2D eigenvalue weighted by molar-refractivity contribution is 0.142. The number of alkyl carbamates (subject to hydrolysis) is 1. The zero-order valence-corrected chi connectivity index (χ0v) is 9.92. The molecule has 0 saturated heterocycles. The van der Waals surface area contributed by atoms with E-state index in [9.17, 15) is 4.79 Å². The highest BCUT2D eigenvalue weighted by Crippen LogP contribution is 2.14. The third-order valence-corrected chi connectivity index (χ3v) is 1.99. The first-order valence-electron chi connectivity index (χ1n) is 4.57. The van der Waals surface area contributed by atoms with E-state index in [1.54, 1.807) is 24.3 Å². The Morgan fingerprint density at radius 3 is 2.62 bits per heavy atom. The summed E-state index contributed by atoms with van der Waals surface area (Å²) in [7, 11) is 0. The van der Waals surface area contributed by atoms with Crippen LogP contribution in [-0.4, -0.2) is 25.3 Å². The van der Waals surface area contributed by atoms with Crippen LogP contribution in [0.1, 0.15) is 0 Å². The van der Waals surface area contributed by atoms with Gasteiger partial charge in [-0.25, -0.2) is 4.79 Å². The smallest absolute Gasteiger partial charge is 0.409 e. The van der Waals surface area contributed by atoms with Crippen molar-refractivity contribution in [1.29, 1.82) is 0 Å². The molecule has 0 aliphatic carbocycles. The summed E-state index contributed by atoms with van der Waals surface area (Å²) in [4.78, 5) is 11.0. The molecule has 4 nitrogen and oxygen atoms in total. The zero-order chi connectivity index (χ0) is 11.8. The van der Waals surface area contributed by atoms with Gasteiger partial charge in [0.1, 0.15) is 12.4 Å². The second-order valence-electron chi connectivity index (χ2n) is 2.74. The maximum atomic E-state index is 11.0. The molecule has 0 unspecified atom stereocenters. The molecule has 0 aliphatic rings. The van der Waals surface area contributed by atoms with E-state index < -0.39 is 6.09 Å². The molecule has 0 spiro atoms. The van der Waals surface area contributed by atoms with Gasteiger partial charge in [-0.05, 0) is 24.3 Å². The Morgan fingerprint density at radius 1 is 1.31 bits per heavy atom. The molecule has 1 amide bonds. The van der Waals surface area contributed by atoms with Gasteiger partial charge in [0.25, 0.3) is 0 Å². The summed E-state index contributed by atoms with van der Waals surface area (Å²) in [6.45, 7) is 0.205. The molecule has 0 atom stereocenters. The maximum Gasteiger partial charge on any atom is 0.409 e. The number of rotatable bonds is 5. The third kappa shape index (κ3) is 5.09. The number of ether oxygens (including phenoxy) is 2. The summed E-state index contributed by atoms with van der Waals surface area (Å²) in [6.07, 6.45) is -0.561. The number of alkyl halides is 1. The third-order valence-electron chi connectivity index (χ3n) is 1.58. The van der Waals surface area contributed by atoms with E-state index in [1.165, 1.54) is 0 Å². The van der Waals surface area contributed by atoms with Crippen molar-refractivity contribution < 1.29 is 14.3 Å². The second kappa shape index (κ2) is 7.19. The van der Waals surface area contributed by atoms with Crippen LogP contribution in [0.2, 0.25) is 5.02 Å². The Hall–Kier alpha value is -1.13. The lowest BCUT2D eigenvalue weighted by Crippen LogP contribution is -2.28. The number of halogens is 2. The number of hydrogen-bond acceptors (Lipinski definition) is 3. The molecule has 1 aromatic carbocycles. The monoisotopic (exact) mass is 263 g/mol. The molecule has 0 fully saturated rings. The van der Waals surface area contributed by atoms with Crippen molar-refractivity contribution in [2.24, 2.45) is 0 Å². The van der Waals surface area contributed by atoms with Crippen molar-refractivity contribution >= 4 is 29.3 Å². The molecule has 1 aromatic rings. The van der Waals surface area contributed by atoms with Gasteiger partial charge < -0.3 is 9.47 Å². The number of carbonyl (C=O) groups excluding carboxylic acids is 1. The summed E-state index contributed by atoms with van der Waals surface area (Å²) >= 11 is 11.0. The average Bonchev–Trinajstić information content (AvgIpc) is 2.29. The van der Waals surface area contributed by atoms with E-state index in [-0.39, 0.29) is 19.2 Å². The Morgan fingerprint density at radius 2 is 2.00 bits per heavy atom. The van der Waals surface area contributed by atoms with Crippen molar-refractivity contribution in [2.45, 2.75) is 0 Å². The van der Waals surface area contributed by atoms with Crippen LogP contribution < -0.4 is 10.1 Å². The van der Waals surface area contributed by atoms with Crippen LogP contribution in [0.5, 0.6) is 5.75 Å². The molecule has 88 valence electrons. The highest BCUT2D eigenvalue weighted by Gasteiger charge is 2.00. The lowest BCUT2D eigenvalue weighted by Gasteiger charge is -2.07. The van der Waals surface area contributed by atoms with Crippen LogP contribution in [-0.2, 0) is 4.74 Å². The minimum Gasteiger partial charge on any atom is -0.473 e. The largest absolute Gasteiger partial charge is 0.473 e. The van der Waals surface area contributed by atoms with E-state index in [0.717, 1.165) is 0 Å². The molecule has 1 N–H and O–H groups in total. The van der Waals surface area contributed by atoms with Gasteiger partial charge >= 0.3 is 6.09 Å². The molecule has 0 radical (unpaired) electrons. The molecule has 0 heterocycles. The van der Waals surface area contributed by atoms with Gasteiger partial charge in [-0.15, -0.1) is 11.6 Å². The van der Waals surface area contributed by atoms with Crippen LogP contribution in [0.3, 0.4) is 0 Å². The Balaban J connectivity index is 2.20. The Kier molecular flexibility index (Phi) is 5.82. The first kappa shape index (κ1) is 12.9. The number of nitrogens with one attached hydrogen (secondary N) is 1. The molecule has 0 saturated carbocycles. The minimum absolute atomic E-state index is 0.0305. The van der Waals surface area contributed by atoms with Gasteiger partial charge in [-0.2, -0.15) is 0 Å². The quantitative estimate of drug-likeness (QED) is 0.657. The minimum atomic E-state index is -0.561. The van der Waals surface area contributed by atoms with Crippen molar-refractivity contribution in [3.05, 3.63) is 29.3 Å². The molecular formula is C10H11Cl2NO3. The van der Waals surface area contributed by atoms with Crippen LogP contribution in [0.25, 0.3) is 0 Å². The number of benzene rings is 1. The van der Waals surface area contributed by atoms with Crippen molar-refractivity contribution in [3.8, 4) is 5.75 Å². The summed E-state index contributed by atoms with van der Waals surface area (Å²) in [6, 6.07) is 6.80. The van der Waals surface area contributed by atoms with Gasteiger partial charge in [0.15, 0.2) is 6.73 Å². The Bertz CT molecular complexity index is 329. The van der Waals surface area contributed by atoms with Crippen LogP contribution in [0, 0.1) is 0 Å². The maximum absolute atomic E-state index is 11.0. The predicted molar refractivity (Wildman–Crippen MR) is 62.2 cm³/mol. The van der Waals surface area contributed by atoms with Crippen LogP contribution in [0.15, 0.2) is 24.3 Å². The van der Waals surface area contributed by atoms with Gasteiger partial charge in [0, 0.05) is 5.02 Å². The highest BCUT2D eigenvalue weighted by atomic mass is 35.5. The van der Waals surface area contributed by atoms with Crippen LogP contribution in [0.4, 0.5) is 4.79 Å². The fraction of sp³-hybridized carbons (Fsp3) is 0.300. The first-order valence-corrected chi connectivity index (χ1v) is 5.48. The molecule has 0 aliphatic heterocycles. The van der Waals surface area contributed by atoms with E-state index in [4.69, 9.17) is 27.9 Å². The molecule has 0 bridgehead atoms. The summed E-state index contributed by atoms with van der Waals surface area (Å²) in [5, 5.41) is 3.03. The molecule has 6 heteroatoms. The van der Waals surface area contributed by atoms with Crippen LogP contribution >= 0.6 is 23.2 Å². The van der Waals surface area contributed by atoms with Gasteiger partial charge in [0.05, 0.1) is 5.88 Å². The van der Waals surface area contributed by atoms with E-state index in [1.807, 2.05) is 0 Å². The van der Waals surface area contributed by atoms with Gasteiger partial charge in [0.2, 0.25) is 0 Å². The summed E-state index contributed by atoms with van der Waals surface area (Å²) in [5.41, 5.74) is 0. The van der Waals surface area contributed by atoms with E-state index in [2.05, 4.69) is 10.1 Å². The normalized spacial score (nSPS) is 9.62. The van der Waals surface area contributed by atoms with Crippen molar-refractivity contribution in [1.82, 2.24) is 5.32 Å². The highest BCUT2D eigenvalue weighted by molar-refractivity contribution is 6.30. The number of carbonyl (C=O) groups is 1. The van der Waals surface area contributed by atoms with Crippen molar-refractivity contribution in [2.75, 3.05) is 19.2 Å². The first-order chi connectivity index (χ1) is 7.72. The lowest BCUT2D eigenvalue weighted by atomic mass is 10.3. The number of hydrogen-bond donors (Lipinski definition) is 1. The van der Waals surface area contributed by atoms with E-state index >= 15 is 0 Å². The molecule has 16 heavy (non-hydrogen) atoms. The number of amides is 1. The topological polar surface area (TPSA) is 47.6 Å². The summed E-state index contributed by atoms with van der Waals surface area (Å²) in [5.74, 6) is 0.882.